The molecule has 6 rings (SSSR count). The topological polar surface area (TPSA) is 113 Å². The van der Waals surface area contributed by atoms with Gasteiger partial charge in [0.15, 0.2) is 0 Å². The number of aryl methyl sites for hydroxylation is 1. The van der Waals surface area contributed by atoms with Gasteiger partial charge in [0.1, 0.15) is 17.3 Å². The minimum absolute atomic E-state index is 0.0618. The highest BCUT2D eigenvalue weighted by molar-refractivity contribution is 7.14. The summed E-state index contributed by atoms with van der Waals surface area (Å²) in [6.07, 6.45) is 10.8. The number of nitrogens with zero attached hydrogens (tertiary/aromatic N) is 5. The quantitative estimate of drug-likeness (QED) is 0.404. The van der Waals surface area contributed by atoms with Gasteiger partial charge in [-0.25, -0.2) is 9.97 Å². The highest BCUT2D eigenvalue weighted by atomic mass is 32.1. The van der Waals surface area contributed by atoms with Crippen LogP contribution in [0.4, 0.5) is 17.3 Å². The minimum Gasteiger partial charge on any atom is -0.392 e. The summed E-state index contributed by atoms with van der Waals surface area (Å²) < 4.78 is 1.47. The predicted molar refractivity (Wildman–Crippen MR) is 147 cm³/mol. The Labute approximate surface area is 223 Å². The Bertz CT molecular complexity index is 1630. The van der Waals surface area contributed by atoms with Gasteiger partial charge in [-0.05, 0) is 53.5 Å². The second-order valence-corrected chi connectivity index (χ2v) is 11.7. The van der Waals surface area contributed by atoms with Crippen LogP contribution >= 0.6 is 11.3 Å². The van der Waals surface area contributed by atoms with Crippen LogP contribution in [0.1, 0.15) is 45.1 Å². The Kier molecular flexibility index (Phi) is 5.88. The fourth-order valence-corrected chi connectivity index (χ4v) is 7.13. The van der Waals surface area contributed by atoms with Gasteiger partial charge in [-0.15, -0.1) is 11.3 Å². The number of carbonyl (C=O) groups is 1. The third kappa shape index (κ3) is 4.10. The number of amides is 1. The van der Waals surface area contributed by atoms with Gasteiger partial charge in [-0.2, -0.15) is 0 Å². The van der Waals surface area contributed by atoms with Gasteiger partial charge in [-0.1, -0.05) is 13.8 Å². The Hall–Kier alpha value is -3.89. The van der Waals surface area contributed by atoms with E-state index in [1.165, 1.54) is 26.8 Å². The summed E-state index contributed by atoms with van der Waals surface area (Å²) in [5.74, 6) is 0.834. The molecule has 1 aliphatic heterocycles. The minimum atomic E-state index is -0.306. The lowest BCUT2D eigenvalue weighted by Gasteiger charge is -2.29. The number of carbonyl (C=O) groups excluding carboxylic acids is 1. The monoisotopic (exact) mass is 528 g/mol. The zero-order valence-corrected chi connectivity index (χ0v) is 22.3. The van der Waals surface area contributed by atoms with Crippen molar-refractivity contribution in [2.24, 2.45) is 12.5 Å². The predicted octanol–water partition coefficient (Wildman–Crippen LogP) is 3.86. The lowest BCUT2D eigenvalue weighted by Crippen LogP contribution is -2.38. The van der Waals surface area contributed by atoms with E-state index in [-0.39, 0.29) is 23.5 Å². The molecule has 0 radical (unpaired) electrons. The van der Waals surface area contributed by atoms with E-state index >= 15 is 0 Å². The molecule has 0 bridgehead atoms. The molecule has 0 saturated carbocycles. The molecule has 4 aromatic rings. The van der Waals surface area contributed by atoms with E-state index in [2.05, 4.69) is 34.1 Å². The number of aromatic nitrogens is 4. The third-order valence-corrected chi connectivity index (χ3v) is 8.55. The normalized spacial score (nSPS) is 15.9. The number of fused-ring (bicyclic) bond motifs is 3. The summed E-state index contributed by atoms with van der Waals surface area (Å²) in [6.45, 7) is 4.75. The van der Waals surface area contributed by atoms with E-state index in [0.717, 1.165) is 24.1 Å². The molecule has 0 atom stereocenters. The van der Waals surface area contributed by atoms with Crippen LogP contribution in [0.2, 0.25) is 0 Å². The first-order valence-electron chi connectivity index (χ1n) is 12.5. The maximum absolute atomic E-state index is 13.7. The van der Waals surface area contributed by atoms with Crippen LogP contribution in [-0.4, -0.2) is 37.1 Å². The molecule has 0 spiro atoms. The Morgan fingerprint density at radius 2 is 1.97 bits per heavy atom. The molecule has 2 N–H and O–H groups in total. The maximum atomic E-state index is 13.7. The zero-order valence-electron chi connectivity index (χ0n) is 21.5. The molecule has 0 unspecified atom stereocenters. The number of thiophene rings is 1. The van der Waals surface area contributed by atoms with Crippen molar-refractivity contribution in [1.29, 1.82) is 0 Å². The lowest BCUT2D eigenvalue weighted by atomic mass is 9.89. The van der Waals surface area contributed by atoms with Crippen LogP contribution in [0.3, 0.4) is 0 Å². The summed E-state index contributed by atoms with van der Waals surface area (Å²) in [4.78, 5) is 43.1. The van der Waals surface area contributed by atoms with Gasteiger partial charge in [0.2, 0.25) is 0 Å². The lowest BCUT2D eigenvalue weighted by molar-refractivity contribution is 0.0983. The van der Waals surface area contributed by atoms with Crippen molar-refractivity contribution in [2.75, 3.05) is 16.8 Å². The summed E-state index contributed by atoms with van der Waals surface area (Å²) >= 11 is 1.61. The average molecular weight is 529 g/mol. The second kappa shape index (κ2) is 9.14. The fraction of sp³-hybridized carbons (Fsp3) is 0.321. The Balaban J connectivity index is 1.38. The van der Waals surface area contributed by atoms with Gasteiger partial charge >= 0.3 is 0 Å². The van der Waals surface area contributed by atoms with Crippen molar-refractivity contribution in [3.8, 4) is 11.1 Å². The molecule has 0 saturated heterocycles. The molecule has 9 nitrogen and oxygen atoms in total. The molecule has 5 heterocycles. The number of nitrogens with one attached hydrogen (secondary N) is 1. The molecule has 38 heavy (non-hydrogen) atoms. The molecule has 1 aliphatic carbocycles. The Morgan fingerprint density at radius 3 is 2.74 bits per heavy atom. The van der Waals surface area contributed by atoms with Crippen LogP contribution in [0, 0.1) is 5.41 Å². The van der Waals surface area contributed by atoms with Crippen molar-refractivity contribution in [1.82, 2.24) is 19.5 Å². The fourth-order valence-electron chi connectivity index (χ4n) is 5.55. The molecule has 0 fully saturated rings. The van der Waals surface area contributed by atoms with Gasteiger partial charge in [-0.3, -0.25) is 19.5 Å². The van der Waals surface area contributed by atoms with Gasteiger partial charge in [0, 0.05) is 54.4 Å². The van der Waals surface area contributed by atoms with E-state index in [1.54, 1.807) is 60.2 Å². The van der Waals surface area contributed by atoms with E-state index in [0.29, 0.717) is 40.6 Å². The number of aliphatic hydroxyl groups is 1. The molecule has 194 valence electrons. The van der Waals surface area contributed by atoms with E-state index in [9.17, 15) is 14.7 Å². The van der Waals surface area contributed by atoms with Crippen LogP contribution in [0.15, 0.2) is 47.9 Å². The van der Waals surface area contributed by atoms with Crippen molar-refractivity contribution in [2.45, 2.75) is 39.7 Å². The average Bonchev–Trinajstić information content (AvgIpc) is 3.39. The maximum Gasteiger partial charge on any atom is 0.274 e. The molecular formula is C28H28N6O3S. The third-order valence-electron chi connectivity index (χ3n) is 7.29. The van der Waals surface area contributed by atoms with Crippen LogP contribution in [0.25, 0.3) is 11.1 Å². The highest BCUT2D eigenvalue weighted by Gasteiger charge is 2.38. The van der Waals surface area contributed by atoms with Crippen LogP contribution in [0.5, 0.6) is 0 Å². The molecule has 2 aliphatic rings. The van der Waals surface area contributed by atoms with Gasteiger partial charge in [0.05, 0.1) is 17.7 Å². The van der Waals surface area contributed by atoms with E-state index in [4.69, 9.17) is 0 Å². The summed E-state index contributed by atoms with van der Waals surface area (Å²) in [7, 11) is 1.67. The first-order chi connectivity index (χ1) is 18.3. The van der Waals surface area contributed by atoms with Gasteiger partial charge in [0.25, 0.3) is 11.5 Å². The molecule has 10 heteroatoms. The number of anilines is 3. The summed E-state index contributed by atoms with van der Waals surface area (Å²) in [5, 5.41) is 13.5. The number of hydrogen-bond donors (Lipinski definition) is 2. The van der Waals surface area contributed by atoms with Crippen molar-refractivity contribution in [3.05, 3.63) is 79.9 Å². The van der Waals surface area contributed by atoms with Crippen molar-refractivity contribution < 1.29 is 9.90 Å². The number of pyridine rings is 2. The summed E-state index contributed by atoms with van der Waals surface area (Å²) in [5.41, 5.74) is 4.83. The van der Waals surface area contributed by atoms with Crippen molar-refractivity contribution >= 4 is 34.6 Å². The standard InChI is InChI=1S/C28H28N6O3S/c1-28(2)11-19-18-5-9-34(27(37)24(18)38-22(19)12-28)25-20(15-35)17(4-6-31-25)16-10-21(26(36)33(3)14-16)32-23-13-29-7-8-30-23/h4,6-8,10,13-14,35H,5,9,11-12,15H2,1-3H3,(H,30,32). The smallest absolute Gasteiger partial charge is 0.274 e. The highest BCUT2D eigenvalue weighted by Crippen LogP contribution is 2.46. The number of rotatable bonds is 5. The second-order valence-electron chi connectivity index (χ2n) is 10.6. The first kappa shape index (κ1) is 24.4. The largest absolute Gasteiger partial charge is 0.392 e. The van der Waals surface area contributed by atoms with E-state index in [1.807, 2.05) is 0 Å². The van der Waals surface area contributed by atoms with Crippen LogP contribution < -0.4 is 15.8 Å². The SMILES string of the molecule is Cn1cc(-c2ccnc(N3CCc4c(sc5c4CC(C)(C)C5)C3=O)c2CO)cc(Nc2cnccn2)c1=O. The molecular weight excluding hydrogens is 500 g/mol. The van der Waals surface area contributed by atoms with Crippen LogP contribution in [-0.2, 0) is 32.9 Å². The first-order valence-corrected chi connectivity index (χ1v) is 13.4. The number of hydrogen-bond acceptors (Lipinski definition) is 8. The van der Waals surface area contributed by atoms with Gasteiger partial charge < -0.3 is 15.0 Å². The molecule has 1 amide bonds. The van der Waals surface area contributed by atoms with E-state index < -0.39 is 0 Å². The molecule has 4 aromatic heterocycles. The summed E-state index contributed by atoms with van der Waals surface area (Å²) in [6, 6.07) is 3.51. The molecule has 0 aromatic carbocycles. The Morgan fingerprint density at radius 1 is 1.13 bits per heavy atom. The number of aliphatic hydroxyl groups excluding tert-OH is 1. The van der Waals surface area contributed by atoms with Crippen molar-refractivity contribution in [3.63, 3.8) is 0 Å². The zero-order chi connectivity index (χ0) is 26.6.